The van der Waals surface area contributed by atoms with Gasteiger partial charge < -0.3 is 9.47 Å². The van der Waals surface area contributed by atoms with Crippen LogP contribution in [0.1, 0.15) is 48.9 Å². The van der Waals surface area contributed by atoms with Gasteiger partial charge in [-0.2, -0.15) is 0 Å². The lowest BCUT2D eigenvalue weighted by Crippen LogP contribution is -2.55. The van der Waals surface area contributed by atoms with Crippen LogP contribution in [0.5, 0.6) is 0 Å². The van der Waals surface area contributed by atoms with Gasteiger partial charge in [0.2, 0.25) is 5.95 Å². The molecule has 1 aromatic heterocycles. The van der Waals surface area contributed by atoms with E-state index in [1.165, 1.54) is 44.3 Å². The Morgan fingerprint density at radius 1 is 0.960 bits per heavy atom. The molecule has 132 valence electrons. The molecule has 1 aromatic carbocycles. The summed E-state index contributed by atoms with van der Waals surface area (Å²) < 4.78 is 2.26. The van der Waals surface area contributed by atoms with E-state index in [0.29, 0.717) is 17.9 Å². The molecule has 1 aliphatic carbocycles. The summed E-state index contributed by atoms with van der Waals surface area (Å²) in [5.74, 6) is 3.38. The lowest BCUT2D eigenvalue weighted by molar-refractivity contribution is 0.132. The fraction of sp³-hybridized carbons (Fsp3) is 0.600. The molecule has 5 nitrogen and oxygen atoms in total. The fourth-order valence-corrected chi connectivity index (χ4v) is 4.82. The first kappa shape index (κ1) is 15.4. The third kappa shape index (κ3) is 2.74. The number of hydrogen-bond acceptors (Lipinski definition) is 4. The Bertz CT molecular complexity index is 740. The number of nitrogens with zero attached hydrogens (tertiary/aromatic N) is 5. The van der Waals surface area contributed by atoms with Crippen LogP contribution in [0, 0.1) is 0 Å². The van der Waals surface area contributed by atoms with E-state index in [1.54, 1.807) is 0 Å². The molecular weight excluding hydrogens is 310 g/mol. The quantitative estimate of drug-likeness (QED) is 0.863. The second kappa shape index (κ2) is 6.13. The van der Waals surface area contributed by atoms with Gasteiger partial charge in [-0.1, -0.05) is 36.8 Å². The summed E-state index contributed by atoms with van der Waals surface area (Å²) >= 11 is 0. The minimum absolute atomic E-state index is 0.532. The van der Waals surface area contributed by atoms with E-state index in [-0.39, 0.29) is 0 Å². The zero-order valence-corrected chi connectivity index (χ0v) is 15.0. The van der Waals surface area contributed by atoms with E-state index >= 15 is 0 Å². The van der Waals surface area contributed by atoms with Gasteiger partial charge in [-0.15, -0.1) is 10.2 Å². The molecule has 3 fully saturated rings. The standard InChI is InChI=1S/C20H27N5/c1-23-19(18-13-17(18)15-7-3-2-4-8-15)21-22-20(23)25-12-11-24-10-6-5-9-16(24)14-25/h2-4,7-8,16-18H,5-6,9-14H2,1H3/t16?,17-,18+/m0/s1. The maximum atomic E-state index is 4.59. The zero-order valence-electron chi connectivity index (χ0n) is 15.0. The van der Waals surface area contributed by atoms with Crippen molar-refractivity contribution < 1.29 is 0 Å². The Morgan fingerprint density at radius 3 is 2.72 bits per heavy atom. The first-order valence-corrected chi connectivity index (χ1v) is 9.74. The average Bonchev–Trinajstić information content (AvgIpc) is 3.37. The van der Waals surface area contributed by atoms with Gasteiger partial charge in [0.05, 0.1) is 0 Å². The van der Waals surface area contributed by atoms with Crippen LogP contribution in [0.2, 0.25) is 0 Å². The molecule has 1 saturated carbocycles. The summed E-state index contributed by atoms with van der Waals surface area (Å²) in [6.45, 7) is 4.64. The van der Waals surface area contributed by atoms with Crippen molar-refractivity contribution in [2.24, 2.45) is 7.05 Å². The number of piperazine rings is 1. The number of aromatic nitrogens is 3. The van der Waals surface area contributed by atoms with Gasteiger partial charge >= 0.3 is 0 Å². The van der Waals surface area contributed by atoms with Crippen LogP contribution in [-0.2, 0) is 7.05 Å². The van der Waals surface area contributed by atoms with E-state index in [1.807, 2.05) is 0 Å². The smallest absolute Gasteiger partial charge is 0.227 e. The van der Waals surface area contributed by atoms with Crippen LogP contribution >= 0.6 is 0 Å². The van der Waals surface area contributed by atoms with Crippen LogP contribution in [0.15, 0.2) is 30.3 Å². The second-order valence-electron chi connectivity index (χ2n) is 7.91. The molecule has 3 heterocycles. The van der Waals surface area contributed by atoms with Crippen molar-refractivity contribution in [1.82, 2.24) is 19.7 Å². The van der Waals surface area contributed by atoms with E-state index in [4.69, 9.17) is 0 Å². The van der Waals surface area contributed by atoms with E-state index in [2.05, 4.69) is 61.9 Å². The Morgan fingerprint density at radius 2 is 1.84 bits per heavy atom. The zero-order chi connectivity index (χ0) is 16.8. The predicted octanol–water partition coefficient (Wildman–Crippen LogP) is 2.76. The molecule has 0 amide bonds. The molecule has 0 bridgehead atoms. The van der Waals surface area contributed by atoms with Crippen LogP contribution in [0.25, 0.3) is 0 Å². The number of anilines is 1. The second-order valence-corrected chi connectivity index (χ2v) is 7.91. The Balaban J connectivity index is 1.32. The third-order valence-corrected chi connectivity index (χ3v) is 6.36. The first-order chi connectivity index (χ1) is 12.3. The molecule has 0 N–H and O–H groups in total. The van der Waals surface area contributed by atoms with Crippen molar-refractivity contribution in [3.63, 3.8) is 0 Å². The Hall–Kier alpha value is -1.88. The van der Waals surface area contributed by atoms with Crippen LogP contribution < -0.4 is 4.90 Å². The number of hydrogen-bond donors (Lipinski definition) is 0. The summed E-state index contributed by atoms with van der Waals surface area (Å²) in [6.07, 6.45) is 5.28. The highest BCUT2D eigenvalue weighted by molar-refractivity contribution is 5.37. The Labute approximate surface area is 149 Å². The SMILES string of the molecule is Cn1c([C@@H]2C[C@H]2c2ccccc2)nnc1N1CCN2CCCCC2C1. The largest absolute Gasteiger partial charge is 0.338 e. The molecule has 5 rings (SSSR count). The maximum Gasteiger partial charge on any atom is 0.227 e. The minimum Gasteiger partial charge on any atom is -0.338 e. The predicted molar refractivity (Wildman–Crippen MR) is 99.0 cm³/mol. The van der Waals surface area contributed by atoms with E-state index in [0.717, 1.165) is 24.9 Å². The van der Waals surface area contributed by atoms with Gasteiger partial charge in [0.1, 0.15) is 5.82 Å². The molecule has 2 aliphatic heterocycles. The molecule has 2 saturated heterocycles. The van der Waals surface area contributed by atoms with E-state index < -0.39 is 0 Å². The summed E-state index contributed by atoms with van der Waals surface area (Å²) in [6, 6.07) is 11.5. The Kier molecular flexibility index (Phi) is 3.77. The lowest BCUT2D eigenvalue weighted by Gasteiger charge is -2.44. The normalized spacial score (nSPS) is 29.5. The fourth-order valence-electron chi connectivity index (χ4n) is 4.82. The summed E-state index contributed by atoms with van der Waals surface area (Å²) in [5, 5.41) is 9.18. The van der Waals surface area contributed by atoms with Crippen molar-refractivity contribution in [3.05, 3.63) is 41.7 Å². The molecule has 25 heavy (non-hydrogen) atoms. The topological polar surface area (TPSA) is 37.2 Å². The number of rotatable bonds is 3. The van der Waals surface area contributed by atoms with Crippen molar-refractivity contribution in [2.75, 3.05) is 31.1 Å². The highest BCUT2D eigenvalue weighted by atomic mass is 15.4. The number of piperidine rings is 1. The van der Waals surface area contributed by atoms with Gasteiger partial charge in [0, 0.05) is 38.6 Å². The van der Waals surface area contributed by atoms with Crippen molar-refractivity contribution in [1.29, 1.82) is 0 Å². The van der Waals surface area contributed by atoms with Gasteiger partial charge in [0.25, 0.3) is 0 Å². The van der Waals surface area contributed by atoms with Crippen LogP contribution in [-0.4, -0.2) is 51.9 Å². The van der Waals surface area contributed by atoms with Crippen molar-refractivity contribution >= 4 is 5.95 Å². The average molecular weight is 337 g/mol. The highest BCUT2D eigenvalue weighted by Crippen LogP contribution is 2.54. The summed E-state index contributed by atoms with van der Waals surface area (Å²) in [4.78, 5) is 5.13. The van der Waals surface area contributed by atoms with Crippen LogP contribution in [0.4, 0.5) is 5.95 Å². The molecule has 1 unspecified atom stereocenters. The number of fused-ring (bicyclic) bond motifs is 1. The van der Waals surface area contributed by atoms with E-state index in [9.17, 15) is 0 Å². The van der Waals surface area contributed by atoms with Gasteiger partial charge in [-0.25, -0.2) is 0 Å². The lowest BCUT2D eigenvalue weighted by atomic mass is 10.00. The monoisotopic (exact) mass is 337 g/mol. The molecule has 0 spiro atoms. The maximum absolute atomic E-state index is 4.59. The summed E-state index contributed by atoms with van der Waals surface area (Å²) in [7, 11) is 2.15. The summed E-state index contributed by atoms with van der Waals surface area (Å²) in [5.41, 5.74) is 1.44. The van der Waals surface area contributed by atoms with Gasteiger partial charge in [-0.05, 0) is 37.3 Å². The molecule has 0 radical (unpaired) electrons. The molecular formula is C20H27N5. The molecule has 3 aliphatic rings. The van der Waals surface area contributed by atoms with Crippen molar-refractivity contribution in [3.8, 4) is 0 Å². The first-order valence-electron chi connectivity index (χ1n) is 9.74. The highest BCUT2D eigenvalue weighted by Gasteiger charge is 2.43. The molecule has 3 atom stereocenters. The minimum atomic E-state index is 0.532. The number of benzene rings is 1. The van der Waals surface area contributed by atoms with Crippen molar-refractivity contribution in [2.45, 2.75) is 43.6 Å². The van der Waals surface area contributed by atoms with Gasteiger partial charge in [-0.3, -0.25) is 4.90 Å². The third-order valence-electron chi connectivity index (χ3n) is 6.36. The van der Waals surface area contributed by atoms with Crippen LogP contribution in [0.3, 0.4) is 0 Å². The molecule has 2 aromatic rings. The molecule has 5 heteroatoms. The van der Waals surface area contributed by atoms with Gasteiger partial charge in [0.15, 0.2) is 0 Å².